The number of hydrogen-bond acceptors (Lipinski definition) is 3. The molecule has 0 aromatic carbocycles. The number of halogens is 5. The number of rotatable bonds is 4. The summed E-state index contributed by atoms with van der Waals surface area (Å²) in [5.41, 5.74) is 0.885. The minimum Gasteiger partial charge on any atom is -0.380 e. The van der Waals surface area contributed by atoms with Crippen molar-refractivity contribution in [3.8, 4) is 11.8 Å². The zero-order valence-electron chi connectivity index (χ0n) is 13.6. The standard InChI is InChI=1S/C18H12F5N3S/c1-2-7-24-12-8-14-11(10-26(17(19)20)16(14)25-9-12)3-4-13-5-6-15(27-13)18(21,22)23/h2,5-6,8-10,17,24H,1,7H2. The first-order valence-electron chi connectivity index (χ1n) is 7.62. The highest BCUT2D eigenvalue weighted by Crippen LogP contribution is 2.34. The van der Waals surface area contributed by atoms with Gasteiger partial charge in [-0.05, 0) is 18.2 Å². The van der Waals surface area contributed by atoms with E-state index in [9.17, 15) is 22.0 Å². The Morgan fingerprint density at radius 2 is 2.07 bits per heavy atom. The smallest absolute Gasteiger partial charge is 0.380 e. The maximum absolute atomic E-state index is 13.2. The zero-order valence-corrected chi connectivity index (χ0v) is 14.5. The van der Waals surface area contributed by atoms with Gasteiger partial charge in [-0.25, -0.2) is 4.98 Å². The third-order valence-corrected chi connectivity index (χ3v) is 4.58. The Morgan fingerprint density at radius 3 is 2.70 bits per heavy atom. The molecule has 0 saturated carbocycles. The van der Waals surface area contributed by atoms with E-state index in [1.165, 1.54) is 12.3 Å². The van der Waals surface area contributed by atoms with Crippen LogP contribution in [0.2, 0.25) is 0 Å². The summed E-state index contributed by atoms with van der Waals surface area (Å²) in [6, 6.07) is 3.81. The van der Waals surface area contributed by atoms with E-state index in [0.29, 0.717) is 33.5 Å². The van der Waals surface area contributed by atoms with Gasteiger partial charge >= 0.3 is 12.7 Å². The first kappa shape index (κ1) is 18.9. The van der Waals surface area contributed by atoms with Crippen molar-refractivity contribution in [1.82, 2.24) is 9.55 Å². The van der Waals surface area contributed by atoms with Gasteiger partial charge in [0.25, 0.3) is 0 Å². The van der Waals surface area contributed by atoms with Gasteiger partial charge in [0.15, 0.2) is 0 Å². The molecule has 3 aromatic rings. The molecule has 0 aliphatic carbocycles. The average Bonchev–Trinajstić information content (AvgIpc) is 3.22. The number of aromatic nitrogens is 2. The van der Waals surface area contributed by atoms with Crippen LogP contribution in [0.25, 0.3) is 11.0 Å². The molecule has 0 amide bonds. The maximum atomic E-state index is 13.2. The summed E-state index contributed by atoms with van der Waals surface area (Å²) < 4.78 is 65.1. The van der Waals surface area contributed by atoms with E-state index in [0.717, 1.165) is 12.3 Å². The number of nitrogens with zero attached hydrogens (tertiary/aromatic N) is 2. The van der Waals surface area contributed by atoms with Gasteiger partial charge in [-0.2, -0.15) is 22.0 Å². The van der Waals surface area contributed by atoms with Crippen LogP contribution in [0.4, 0.5) is 27.6 Å². The second-order valence-electron chi connectivity index (χ2n) is 5.40. The molecule has 0 unspecified atom stereocenters. The second-order valence-corrected chi connectivity index (χ2v) is 6.49. The Labute approximate surface area is 155 Å². The quantitative estimate of drug-likeness (QED) is 0.357. The van der Waals surface area contributed by atoms with Gasteiger partial charge in [-0.15, -0.1) is 17.9 Å². The van der Waals surface area contributed by atoms with Crippen LogP contribution in [-0.4, -0.2) is 16.1 Å². The fourth-order valence-electron chi connectivity index (χ4n) is 2.35. The molecular formula is C18H12F5N3S. The first-order valence-corrected chi connectivity index (χ1v) is 8.44. The lowest BCUT2D eigenvalue weighted by Gasteiger charge is -2.04. The molecule has 0 bridgehead atoms. The Kier molecular flexibility index (Phi) is 5.19. The number of pyridine rings is 1. The molecule has 3 heterocycles. The SMILES string of the molecule is C=CCNc1cnc2c(c1)c(C#Cc1ccc(C(F)(F)F)s1)cn2C(F)F. The Hall–Kier alpha value is -2.86. The third kappa shape index (κ3) is 4.11. The topological polar surface area (TPSA) is 29.9 Å². The van der Waals surface area contributed by atoms with Crippen LogP contribution in [0.15, 0.2) is 43.2 Å². The lowest BCUT2D eigenvalue weighted by atomic mass is 10.2. The van der Waals surface area contributed by atoms with Crippen LogP contribution in [0.5, 0.6) is 0 Å². The van der Waals surface area contributed by atoms with E-state index in [2.05, 4.69) is 28.7 Å². The van der Waals surface area contributed by atoms with Crippen molar-refractivity contribution in [2.75, 3.05) is 11.9 Å². The third-order valence-electron chi connectivity index (χ3n) is 3.54. The molecule has 0 aliphatic heterocycles. The summed E-state index contributed by atoms with van der Waals surface area (Å²) in [6.07, 6.45) is -0.252. The number of hydrogen-bond donors (Lipinski definition) is 1. The lowest BCUT2D eigenvalue weighted by molar-refractivity contribution is -0.134. The van der Waals surface area contributed by atoms with Crippen molar-refractivity contribution < 1.29 is 22.0 Å². The highest BCUT2D eigenvalue weighted by Gasteiger charge is 2.32. The highest BCUT2D eigenvalue weighted by molar-refractivity contribution is 7.12. The van der Waals surface area contributed by atoms with Crippen molar-refractivity contribution >= 4 is 28.1 Å². The van der Waals surface area contributed by atoms with Crippen molar-refractivity contribution in [2.45, 2.75) is 12.7 Å². The number of anilines is 1. The van der Waals surface area contributed by atoms with Crippen LogP contribution in [0.1, 0.15) is 21.9 Å². The molecule has 0 fully saturated rings. The van der Waals surface area contributed by atoms with Gasteiger partial charge in [0.2, 0.25) is 0 Å². The molecule has 0 saturated heterocycles. The number of thiophene rings is 1. The molecule has 3 nitrogen and oxygen atoms in total. The summed E-state index contributed by atoms with van der Waals surface area (Å²) in [7, 11) is 0. The van der Waals surface area contributed by atoms with E-state index < -0.39 is 17.6 Å². The lowest BCUT2D eigenvalue weighted by Crippen LogP contribution is -2.00. The normalized spacial score (nSPS) is 11.5. The predicted octanol–water partition coefficient (Wildman–Crippen LogP) is 5.51. The molecule has 3 aromatic heterocycles. The largest absolute Gasteiger partial charge is 0.425 e. The minimum absolute atomic E-state index is 0.0422. The summed E-state index contributed by atoms with van der Waals surface area (Å²) in [6.45, 7) is 1.22. The average molecular weight is 397 g/mol. The van der Waals surface area contributed by atoms with Crippen molar-refractivity contribution in [2.24, 2.45) is 0 Å². The summed E-state index contributed by atoms with van der Waals surface area (Å²) in [5.74, 6) is 5.28. The van der Waals surface area contributed by atoms with Crippen LogP contribution in [0, 0.1) is 11.8 Å². The Morgan fingerprint density at radius 1 is 1.30 bits per heavy atom. The summed E-state index contributed by atoms with van der Waals surface area (Å²) >= 11 is 0.499. The minimum atomic E-state index is -4.44. The zero-order chi connectivity index (χ0) is 19.6. The van der Waals surface area contributed by atoms with Crippen molar-refractivity contribution in [1.29, 1.82) is 0 Å². The number of alkyl halides is 5. The van der Waals surface area contributed by atoms with E-state index in [1.54, 1.807) is 12.1 Å². The van der Waals surface area contributed by atoms with Crippen LogP contribution in [-0.2, 0) is 6.18 Å². The van der Waals surface area contributed by atoms with Crippen molar-refractivity contribution in [3.63, 3.8) is 0 Å². The highest BCUT2D eigenvalue weighted by atomic mass is 32.1. The van der Waals surface area contributed by atoms with Crippen LogP contribution < -0.4 is 5.32 Å². The van der Waals surface area contributed by atoms with Gasteiger partial charge in [0.05, 0.1) is 22.3 Å². The van der Waals surface area contributed by atoms with E-state index in [1.807, 2.05) is 0 Å². The molecule has 3 rings (SSSR count). The number of nitrogens with one attached hydrogen (secondary N) is 1. The van der Waals surface area contributed by atoms with Crippen LogP contribution in [0.3, 0.4) is 0 Å². The first-order chi connectivity index (χ1) is 12.8. The monoisotopic (exact) mass is 397 g/mol. The van der Waals surface area contributed by atoms with E-state index in [4.69, 9.17) is 0 Å². The van der Waals surface area contributed by atoms with Gasteiger partial charge in [-0.1, -0.05) is 17.9 Å². The molecule has 1 N–H and O–H groups in total. The Bertz CT molecular complexity index is 1040. The van der Waals surface area contributed by atoms with Crippen LogP contribution >= 0.6 is 11.3 Å². The Balaban J connectivity index is 2.03. The van der Waals surface area contributed by atoms with Gasteiger partial charge in [0, 0.05) is 18.1 Å². The molecule has 140 valence electrons. The molecule has 0 radical (unpaired) electrons. The predicted molar refractivity (Wildman–Crippen MR) is 95.0 cm³/mol. The maximum Gasteiger partial charge on any atom is 0.425 e. The fourth-order valence-corrected chi connectivity index (χ4v) is 3.08. The van der Waals surface area contributed by atoms with Crippen molar-refractivity contribution in [3.05, 3.63) is 58.6 Å². The van der Waals surface area contributed by atoms with Gasteiger partial charge < -0.3 is 5.32 Å². The van der Waals surface area contributed by atoms with Gasteiger partial charge in [0.1, 0.15) is 10.5 Å². The molecule has 0 atom stereocenters. The second kappa shape index (κ2) is 7.40. The molecule has 27 heavy (non-hydrogen) atoms. The van der Waals surface area contributed by atoms with Gasteiger partial charge in [-0.3, -0.25) is 4.57 Å². The summed E-state index contributed by atoms with van der Waals surface area (Å²) in [5, 5.41) is 3.38. The molecule has 0 spiro atoms. The molecular weight excluding hydrogens is 385 g/mol. The summed E-state index contributed by atoms with van der Waals surface area (Å²) in [4.78, 5) is 3.46. The molecule has 0 aliphatic rings. The van der Waals surface area contributed by atoms with E-state index in [-0.39, 0.29) is 16.1 Å². The fraction of sp³-hybridized carbons (Fsp3) is 0.167. The number of fused-ring (bicyclic) bond motifs is 1. The molecule has 9 heteroatoms. The van der Waals surface area contributed by atoms with E-state index >= 15 is 0 Å².